The molecule has 0 aliphatic carbocycles. The highest BCUT2D eigenvalue weighted by atomic mass is 19.4. The van der Waals surface area contributed by atoms with Crippen LogP contribution < -0.4 is 4.90 Å². The van der Waals surface area contributed by atoms with E-state index in [1.807, 2.05) is 13.0 Å². The average Bonchev–Trinajstić information content (AvgIpc) is 2.61. The summed E-state index contributed by atoms with van der Waals surface area (Å²) < 4.78 is 37.6. The third kappa shape index (κ3) is 3.32. The maximum absolute atomic E-state index is 12.9. The van der Waals surface area contributed by atoms with Gasteiger partial charge < -0.3 is 9.80 Å². The molecular formula is C18H19F3N2O3. The molecule has 1 fully saturated rings. The van der Waals surface area contributed by atoms with Gasteiger partial charge in [0.1, 0.15) is 0 Å². The minimum atomic E-state index is -4.89. The number of fused-ring (bicyclic) bond motifs is 1. The number of hydrogen-bond donors (Lipinski definition) is 0. The average molecular weight is 368 g/mol. The summed E-state index contributed by atoms with van der Waals surface area (Å²) in [6.45, 7) is 1.91. The van der Waals surface area contributed by atoms with E-state index in [4.69, 9.17) is 0 Å². The third-order valence-corrected chi connectivity index (χ3v) is 5.01. The molecule has 2 heterocycles. The molecule has 0 unspecified atom stereocenters. The van der Waals surface area contributed by atoms with Gasteiger partial charge in [-0.05, 0) is 31.4 Å². The molecule has 3 rings (SSSR count). The number of alkyl halides is 3. The molecule has 26 heavy (non-hydrogen) atoms. The van der Waals surface area contributed by atoms with Crippen LogP contribution >= 0.6 is 0 Å². The van der Waals surface area contributed by atoms with Crippen LogP contribution in [0.2, 0.25) is 0 Å². The largest absolute Gasteiger partial charge is 0.471 e. The zero-order valence-corrected chi connectivity index (χ0v) is 14.3. The number of likely N-dealkylation sites (tertiary alicyclic amines) is 1. The summed E-state index contributed by atoms with van der Waals surface area (Å²) in [7, 11) is 0. The molecule has 0 radical (unpaired) electrons. The molecular weight excluding hydrogens is 349 g/mol. The van der Waals surface area contributed by atoms with Crippen LogP contribution in [-0.2, 0) is 9.59 Å². The minimum Gasteiger partial charge on any atom is -0.335 e. The van der Waals surface area contributed by atoms with E-state index in [0.717, 1.165) is 10.5 Å². The zero-order chi connectivity index (χ0) is 19.1. The predicted octanol–water partition coefficient (Wildman–Crippen LogP) is 2.72. The number of anilines is 1. The number of carbonyl (C=O) groups excluding carboxylic acids is 3. The van der Waals surface area contributed by atoms with Crippen LogP contribution in [0.5, 0.6) is 0 Å². The molecule has 5 nitrogen and oxygen atoms in total. The van der Waals surface area contributed by atoms with Crippen molar-refractivity contribution in [2.75, 3.05) is 24.5 Å². The Morgan fingerprint density at radius 2 is 1.77 bits per heavy atom. The summed E-state index contributed by atoms with van der Waals surface area (Å²) in [5.74, 6) is -2.51. The van der Waals surface area contributed by atoms with Gasteiger partial charge in [-0.15, -0.1) is 0 Å². The summed E-state index contributed by atoms with van der Waals surface area (Å²) in [5.41, 5.74) is 1.92. The second-order valence-corrected chi connectivity index (χ2v) is 6.70. The molecule has 2 aliphatic heterocycles. The number of nitrogens with zero attached hydrogens (tertiary/aromatic N) is 2. The minimum absolute atomic E-state index is 0.0154. The standard InChI is InChI=1S/C18H19F3N2O3/c1-11-3-2-4-13-14(24)7-10-23(15(11)13)16(25)12-5-8-22(9-6-12)17(26)18(19,20)21/h2-4,12H,5-10H2,1H3. The quantitative estimate of drug-likeness (QED) is 0.766. The molecule has 1 saturated heterocycles. The predicted molar refractivity (Wildman–Crippen MR) is 87.8 cm³/mol. The zero-order valence-electron chi connectivity index (χ0n) is 14.3. The smallest absolute Gasteiger partial charge is 0.335 e. The number of Topliss-reactive ketones (excluding diaryl/α,β-unsaturated/α-hetero) is 1. The van der Waals surface area contributed by atoms with E-state index in [2.05, 4.69) is 0 Å². The molecule has 0 aromatic heterocycles. The molecule has 0 spiro atoms. The summed E-state index contributed by atoms with van der Waals surface area (Å²) in [5, 5.41) is 0. The Morgan fingerprint density at radius 1 is 1.12 bits per heavy atom. The normalized spacial score (nSPS) is 18.7. The maximum Gasteiger partial charge on any atom is 0.471 e. The number of carbonyl (C=O) groups is 3. The Kier molecular flexibility index (Phi) is 4.77. The molecule has 0 atom stereocenters. The van der Waals surface area contributed by atoms with Crippen LogP contribution in [0.25, 0.3) is 0 Å². The molecule has 0 saturated carbocycles. The van der Waals surface area contributed by atoms with E-state index in [1.165, 1.54) is 0 Å². The van der Waals surface area contributed by atoms with Crippen molar-refractivity contribution in [3.63, 3.8) is 0 Å². The van der Waals surface area contributed by atoms with Gasteiger partial charge in [-0.1, -0.05) is 12.1 Å². The number of hydrogen-bond acceptors (Lipinski definition) is 3. The first-order valence-corrected chi connectivity index (χ1v) is 8.50. The number of para-hydroxylation sites is 1. The van der Waals surface area contributed by atoms with Crippen LogP contribution in [0.15, 0.2) is 18.2 Å². The van der Waals surface area contributed by atoms with E-state index < -0.39 is 18.0 Å². The Morgan fingerprint density at radius 3 is 2.38 bits per heavy atom. The highest BCUT2D eigenvalue weighted by Gasteiger charge is 2.44. The second kappa shape index (κ2) is 6.74. The van der Waals surface area contributed by atoms with E-state index in [1.54, 1.807) is 17.0 Å². The Labute approximate surface area is 148 Å². The Bertz CT molecular complexity index is 753. The molecule has 8 heteroatoms. The van der Waals surface area contributed by atoms with E-state index in [9.17, 15) is 27.6 Å². The van der Waals surface area contributed by atoms with Gasteiger partial charge in [0.25, 0.3) is 0 Å². The van der Waals surface area contributed by atoms with Crippen molar-refractivity contribution >= 4 is 23.3 Å². The summed E-state index contributed by atoms with van der Waals surface area (Å²) in [6.07, 6.45) is -4.29. The van der Waals surface area contributed by atoms with Gasteiger partial charge in [-0.3, -0.25) is 14.4 Å². The number of rotatable bonds is 1. The molecule has 1 aromatic rings. The molecule has 1 aromatic carbocycles. The lowest BCUT2D eigenvalue weighted by Crippen LogP contribution is -2.49. The number of aryl methyl sites for hydroxylation is 1. The second-order valence-electron chi connectivity index (χ2n) is 6.70. The summed E-state index contributed by atoms with van der Waals surface area (Å²) >= 11 is 0. The Hall–Kier alpha value is -2.38. The lowest BCUT2D eigenvalue weighted by molar-refractivity contribution is -0.186. The van der Waals surface area contributed by atoms with Crippen molar-refractivity contribution in [2.24, 2.45) is 5.92 Å². The van der Waals surface area contributed by atoms with Gasteiger partial charge >= 0.3 is 12.1 Å². The molecule has 140 valence electrons. The summed E-state index contributed by atoms with van der Waals surface area (Å²) in [6, 6.07) is 5.28. The van der Waals surface area contributed by atoms with Gasteiger partial charge in [0.2, 0.25) is 5.91 Å². The van der Waals surface area contributed by atoms with Gasteiger partial charge in [-0.25, -0.2) is 0 Å². The first-order valence-electron chi connectivity index (χ1n) is 8.50. The molecule has 0 N–H and O–H groups in total. The topological polar surface area (TPSA) is 57.7 Å². The van der Waals surface area contributed by atoms with Crippen molar-refractivity contribution in [2.45, 2.75) is 32.4 Å². The van der Waals surface area contributed by atoms with E-state index in [-0.39, 0.29) is 50.6 Å². The third-order valence-electron chi connectivity index (χ3n) is 5.01. The summed E-state index contributed by atoms with van der Waals surface area (Å²) in [4.78, 5) is 38.7. The van der Waals surface area contributed by atoms with Gasteiger partial charge in [0, 0.05) is 37.5 Å². The maximum atomic E-state index is 12.9. The fraction of sp³-hybridized carbons (Fsp3) is 0.500. The van der Waals surface area contributed by atoms with Crippen LogP contribution in [0.3, 0.4) is 0 Å². The van der Waals surface area contributed by atoms with Crippen LogP contribution in [0.1, 0.15) is 35.2 Å². The first kappa shape index (κ1) is 18.4. The van der Waals surface area contributed by atoms with Crippen molar-refractivity contribution in [1.82, 2.24) is 4.90 Å². The first-order chi connectivity index (χ1) is 12.2. The fourth-order valence-corrected chi connectivity index (χ4v) is 3.65. The number of amides is 2. The van der Waals surface area contributed by atoms with Crippen LogP contribution in [0, 0.1) is 12.8 Å². The fourth-order valence-electron chi connectivity index (χ4n) is 3.65. The SMILES string of the molecule is Cc1cccc2c1N(C(=O)C1CCN(C(=O)C(F)(F)F)CC1)CCC2=O. The highest BCUT2D eigenvalue weighted by molar-refractivity contribution is 6.10. The van der Waals surface area contributed by atoms with Crippen LogP contribution in [0.4, 0.5) is 18.9 Å². The number of halogens is 3. The number of piperidine rings is 1. The molecule has 2 amide bonds. The van der Waals surface area contributed by atoms with Crippen molar-refractivity contribution in [3.8, 4) is 0 Å². The van der Waals surface area contributed by atoms with Crippen molar-refractivity contribution in [3.05, 3.63) is 29.3 Å². The monoisotopic (exact) mass is 368 g/mol. The van der Waals surface area contributed by atoms with Gasteiger partial charge in [0.15, 0.2) is 5.78 Å². The molecule has 0 bridgehead atoms. The lowest BCUT2D eigenvalue weighted by Gasteiger charge is -2.36. The Balaban J connectivity index is 1.74. The van der Waals surface area contributed by atoms with Crippen molar-refractivity contribution in [1.29, 1.82) is 0 Å². The number of benzene rings is 1. The number of ketones is 1. The lowest BCUT2D eigenvalue weighted by atomic mass is 9.91. The van der Waals surface area contributed by atoms with Crippen molar-refractivity contribution < 1.29 is 27.6 Å². The van der Waals surface area contributed by atoms with E-state index in [0.29, 0.717) is 11.3 Å². The van der Waals surface area contributed by atoms with Gasteiger partial charge in [0.05, 0.1) is 5.69 Å². The van der Waals surface area contributed by atoms with Crippen LogP contribution in [-0.4, -0.2) is 48.3 Å². The molecule has 2 aliphatic rings. The van der Waals surface area contributed by atoms with E-state index >= 15 is 0 Å². The van der Waals surface area contributed by atoms with Gasteiger partial charge in [-0.2, -0.15) is 13.2 Å². The highest BCUT2D eigenvalue weighted by Crippen LogP contribution is 2.33.